The van der Waals surface area contributed by atoms with E-state index in [1.54, 1.807) is 22.8 Å². The Hall–Kier alpha value is -0.343. The summed E-state index contributed by atoms with van der Waals surface area (Å²) in [5.74, 6) is 1.76. The first-order chi connectivity index (χ1) is 15.3. The fourth-order valence-corrected chi connectivity index (χ4v) is 13.9. The summed E-state index contributed by atoms with van der Waals surface area (Å²) in [6.07, 6.45) is -2.80. The van der Waals surface area contributed by atoms with E-state index in [-0.39, 0.29) is 28.8 Å². The first kappa shape index (κ1) is 25.7. The molecule has 4 rings (SSSR count). The third-order valence-electron chi connectivity index (χ3n) is 6.25. The number of nitrogens with one attached hydrogen (secondary N) is 1. The Bertz CT molecular complexity index is 1080. The van der Waals surface area contributed by atoms with Crippen LogP contribution < -0.4 is 11.3 Å². The molecule has 0 spiro atoms. The Kier molecular flexibility index (Phi) is 7.23. The number of hydrogen-bond donors (Lipinski definition) is 3. The highest BCUT2D eigenvalue weighted by Gasteiger charge is 2.52. The summed E-state index contributed by atoms with van der Waals surface area (Å²) >= 11 is 8.04. The van der Waals surface area contributed by atoms with Crippen molar-refractivity contribution in [2.24, 2.45) is 0 Å². The Morgan fingerprint density at radius 2 is 2.09 bits per heavy atom. The Morgan fingerprint density at radius 3 is 2.73 bits per heavy atom. The Morgan fingerprint density at radius 1 is 1.42 bits per heavy atom. The predicted molar refractivity (Wildman–Crippen MR) is 140 cm³/mol. The van der Waals surface area contributed by atoms with Gasteiger partial charge in [-0.05, 0) is 18.1 Å². The predicted octanol–water partition coefficient (Wildman–Crippen LogP) is 4.43. The number of halogens is 1. The zero-order valence-corrected chi connectivity index (χ0v) is 23.6. The van der Waals surface area contributed by atoms with Crippen molar-refractivity contribution in [1.29, 1.82) is 0 Å². The molecule has 185 valence electrons. The second-order valence-electron chi connectivity index (χ2n) is 9.56. The van der Waals surface area contributed by atoms with Crippen LogP contribution in [0.25, 0.3) is 11.2 Å². The summed E-state index contributed by atoms with van der Waals surface area (Å²) in [6, 6.07) is 0. The highest BCUT2D eigenvalue weighted by atomic mass is 33.4. The Labute approximate surface area is 206 Å². The number of nitrogens with two attached hydrogens (primary N) is 1. The second-order valence-corrected chi connectivity index (χ2v) is 25.5. The van der Waals surface area contributed by atoms with Crippen LogP contribution in [0, 0.1) is 0 Å². The number of H-pyrrole nitrogens is 1. The lowest BCUT2D eigenvalue weighted by Gasteiger charge is -2.37. The van der Waals surface area contributed by atoms with E-state index in [9.17, 15) is 4.79 Å². The molecule has 4 atom stereocenters. The number of ether oxygens (including phenoxy) is 1. The lowest BCUT2D eigenvalue weighted by Crippen LogP contribution is -2.44. The van der Waals surface area contributed by atoms with Gasteiger partial charge in [0.2, 0.25) is 5.95 Å². The summed E-state index contributed by atoms with van der Waals surface area (Å²) in [6.45, 7) is 10.9. The number of anilines is 1. The van der Waals surface area contributed by atoms with E-state index in [4.69, 9.17) is 31.7 Å². The van der Waals surface area contributed by atoms with Gasteiger partial charge in [0, 0.05) is 11.5 Å². The summed E-state index contributed by atoms with van der Waals surface area (Å²) < 4.78 is 36.2. The highest BCUT2D eigenvalue weighted by molar-refractivity contribution is 9.15. The molecule has 4 heterocycles. The quantitative estimate of drug-likeness (QED) is 0.271. The van der Waals surface area contributed by atoms with Crippen LogP contribution >= 0.6 is 40.1 Å². The molecule has 0 amide bonds. The van der Waals surface area contributed by atoms with Crippen LogP contribution in [0.15, 0.2) is 11.1 Å². The van der Waals surface area contributed by atoms with Gasteiger partial charge in [0.1, 0.15) is 17.3 Å². The van der Waals surface area contributed by atoms with Crippen LogP contribution in [0.1, 0.15) is 27.0 Å². The standard InChI is InChI=1S/C18H30FN5O4PS3Si/c1-18(2,3)33(4,5)26-8-10-13(28-29(30)31-6-7-32-29)11(19)16(27-10)24-9-21-12-14(24)22-17(20)23-15(12)25/h9-11,13,16,30H,6-8H2,1-5H3,(H3,20,22,23,25)/t10-,11-,13-,16-/m1/s1. The van der Waals surface area contributed by atoms with Crippen molar-refractivity contribution < 1.29 is 18.1 Å². The molecule has 2 saturated heterocycles. The van der Waals surface area contributed by atoms with Gasteiger partial charge < -0.3 is 19.4 Å². The van der Waals surface area contributed by atoms with Crippen molar-refractivity contribution in [2.45, 2.75) is 63.5 Å². The van der Waals surface area contributed by atoms with Gasteiger partial charge in [-0.25, -0.2) is 9.37 Å². The number of imidazole rings is 1. The number of nitrogens with zero attached hydrogens (tertiary/aromatic N) is 3. The maximum Gasteiger partial charge on any atom is 0.280 e. The summed E-state index contributed by atoms with van der Waals surface area (Å²) in [5, 5.41) is -2.17. The lowest BCUT2D eigenvalue weighted by molar-refractivity contribution is -0.0401. The van der Waals surface area contributed by atoms with Crippen molar-refractivity contribution in [3.63, 3.8) is 0 Å². The summed E-state index contributed by atoms with van der Waals surface area (Å²) in [4.78, 5) is 22.8. The van der Waals surface area contributed by atoms with Gasteiger partial charge in [-0.15, -0.1) is 12.2 Å². The van der Waals surface area contributed by atoms with Crippen LogP contribution in [0.3, 0.4) is 0 Å². The van der Waals surface area contributed by atoms with E-state index < -0.39 is 43.6 Å². The fraction of sp³-hybridized carbons (Fsp3) is 0.722. The average molecular weight is 555 g/mol. The third-order valence-corrected chi connectivity index (χ3v) is 20.8. The van der Waals surface area contributed by atoms with Gasteiger partial charge in [0.05, 0.1) is 12.9 Å². The summed E-state index contributed by atoms with van der Waals surface area (Å²) in [5.41, 5.74) is 5.45. The van der Waals surface area contributed by atoms with Crippen LogP contribution in [0.2, 0.25) is 18.1 Å². The molecule has 0 bridgehead atoms. The first-order valence-electron chi connectivity index (χ1n) is 10.6. The van der Waals surface area contributed by atoms with Crippen molar-refractivity contribution in [1.82, 2.24) is 19.5 Å². The molecular formula is C18H30FN5O4PS3Si. The van der Waals surface area contributed by atoms with Gasteiger partial charge in [-0.1, -0.05) is 43.5 Å². The van der Waals surface area contributed by atoms with Crippen LogP contribution in [0.4, 0.5) is 10.3 Å². The molecule has 2 aromatic rings. The molecule has 9 nitrogen and oxygen atoms in total. The lowest BCUT2D eigenvalue weighted by atomic mass is 10.1. The third kappa shape index (κ3) is 5.13. The molecule has 0 aromatic carbocycles. The van der Waals surface area contributed by atoms with Crippen molar-refractivity contribution in [3.8, 4) is 0 Å². The molecular weight excluding hydrogens is 524 g/mol. The summed E-state index contributed by atoms with van der Waals surface area (Å²) in [7, 11) is -2.11. The van der Waals surface area contributed by atoms with Gasteiger partial charge in [-0.2, -0.15) is 4.98 Å². The fourth-order valence-electron chi connectivity index (χ4n) is 3.37. The molecule has 2 aromatic heterocycles. The molecule has 2 fully saturated rings. The average Bonchev–Trinajstić information content (AvgIpc) is 3.39. The zero-order chi connectivity index (χ0) is 24.2. The largest absolute Gasteiger partial charge is 0.414 e. The number of nitrogen functional groups attached to an aromatic ring is 1. The van der Waals surface area contributed by atoms with E-state index in [1.165, 1.54) is 10.9 Å². The minimum atomic E-state index is -2.16. The van der Waals surface area contributed by atoms with Gasteiger partial charge in [0.25, 0.3) is 5.56 Å². The van der Waals surface area contributed by atoms with Gasteiger partial charge in [0.15, 0.2) is 31.9 Å². The minimum Gasteiger partial charge on any atom is -0.414 e. The van der Waals surface area contributed by atoms with E-state index in [1.807, 2.05) is 0 Å². The monoisotopic (exact) mass is 554 g/mol. The molecule has 33 heavy (non-hydrogen) atoms. The molecule has 1 radical (unpaired) electrons. The number of rotatable bonds is 6. The maximum absolute atomic E-state index is 15.9. The van der Waals surface area contributed by atoms with Gasteiger partial charge in [-0.3, -0.25) is 14.3 Å². The topological polar surface area (TPSA) is 117 Å². The van der Waals surface area contributed by atoms with E-state index in [2.05, 4.69) is 48.8 Å². The maximum atomic E-state index is 15.9. The first-order valence-corrected chi connectivity index (χ1v) is 19.5. The van der Waals surface area contributed by atoms with E-state index >= 15 is 4.39 Å². The highest BCUT2D eigenvalue weighted by Crippen LogP contribution is 2.87. The molecule has 0 aliphatic carbocycles. The van der Waals surface area contributed by atoms with Crippen molar-refractivity contribution in [3.05, 3.63) is 16.7 Å². The number of aromatic amines is 1. The number of aromatic nitrogens is 4. The van der Waals surface area contributed by atoms with Crippen LogP contribution in [-0.2, 0) is 13.7 Å². The smallest absolute Gasteiger partial charge is 0.280 e. The van der Waals surface area contributed by atoms with Crippen LogP contribution in [-0.4, -0.2) is 64.3 Å². The SMILES string of the molecule is CC(C)(C)[Si](C)(C)OC[C@H]1O[C@@H](n2cnc3c(=O)[nH]c(N)nc32)[C@H](F)[C@@H]1O[P]1(S)SCCS1. The number of fused-ring (bicyclic) bond motifs is 1. The molecule has 0 saturated carbocycles. The van der Waals surface area contributed by atoms with E-state index in [0.29, 0.717) is 0 Å². The molecule has 2 aliphatic heterocycles. The minimum absolute atomic E-state index is 0.00553. The molecule has 3 N–H and O–H groups in total. The van der Waals surface area contributed by atoms with E-state index in [0.717, 1.165) is 11.5 Å². The second kappa shape index (κ2) is 9.27. The number of hydrogen-bond acceptors (Lipinski definition) is 10. The van der Waals surface area contributed by atoms with Crippen LogP contribution in [0.5, 0.6) is 0 Å². The molecule has 15 heteroatoms. The van der Waals surface area contributed by atoms with Crippen molar-refractivity contribution in [2.75, 3.05) is 23.8 Å². The van der Waals surface area contributed by atoms with Crippen molar-refractivity contribution >= 4 is 65.5 Å². The number of thiol groups is 1. The zero-order valence-electron chi connectivity index (χ0n) is 19.1. The number of alkyl halides is 1. The van der Waals surface area contributed by atoms with Gasteiger partial charge >= 0.3 is 0 Å². The Balaban J connectivity index is 1.64. The molecule has 0 unspecified atom stereocenters. The normalized spacial score (nSPS) is 28.1. The molecule has 2 aliphatic rings.